The first-order valence-electron chi connectivity index (χ1n) is 7.77. The summed E-state index contributed by atoms with van der Waals surface area (Å²) in [4.78, 5) is 16.8. The lowest BCUT2D eigenvalue weighted by Crippen LogP contribution is -2.43. The van der Waals surface area contributed by atoms with E-state index >= 15 is 0 Å². The molecule has 0 aliphatic carbocycles. The van der Waals surface area contributed by atoms with Crippen LogP contribution in [-0.4, -0.2) is 59.8 Å². The maximum atomic E-state index is 12.9. The minimum absolute atomic E-state index is 0.0318. The van der Waals surface area contributed by atoms with E-state index in [9.17, 15) is 4.79 Å². The van der Waals surface area contributed by atoms with Crippen molar-refractivity contribution >= 4 is 5.91 Å². The van der Waals surface area contributed by atoms with Crippen LogP contribution in [0, 0.1) is 0 Å². The molecule has 1 atom stereocenters. The van der Waals surface area contributed by atoms with Crippen LogP contribution in [0.15, 0.2) is 36.5 Å². The Labute approximate surface area is 136 Å². The van der Waals surface area contributed by atoms with Crippen molar-refractivity contribution in [2.75, 3.05) is 33.9 Å². The fourth-order valence-corrected chi connectivity index (χ4v) is 2.84. The van der Waals surface area contributed by atoms with E-state index in [0.29, 0.717) is 25.3 Å². The van der Waals surface area contributed by atoms with Gasteiger partial charge in [0.05, 0.1) is 24.9 Å². The van der Waals surface area contributed by atoms with Crippen LogP contribution >= 0.6 is 0 Å². The number of morpholine rings is 1. The molecule has 2 aromatic rings. The highest BCUT2D eigenvalue weighted by Gasteiger charge is 2.30. The number of carbonyl (C=O) groups excluding carboxylic acids is 1. The van der Waals surface area contributed by atoms with Crippen molar-refractivity contribution in [3.63, 3.8) is 0 Å². The molecule has 1 amide bonds. The molecule has 0 saturated carbocycles. The maximum absolute atomic E-state index is 12.9. The van der Waals surface area contributed by atoms with E-state index < -0.39 is 0 Å². The zero-order chi connectivity index (χ0) is 16.2. The first kappa shape index (κ1) is 15.7. The lowest BCUT2D eigenvalue weighted by atomic mass is 10.1. The van der Waals surface area contributed by atoms with Crippen LogP contribution in [0.4, 0.5) is 0 Å². The van der Waals surface area contributed by atoms with Crippen LogP contribution in [0.3, 0.4) is 0 Å². The number of amides is 1. The molecule has 0 radical (unpaired) electrons. The minimum Gasteiger partial charge on any atom is -0.377 e. The summed E-state index contributed by atoms with van der Waals surface area (Å²) in [6.45, 7) is 2.51. The second-order valence-corrected chi connectivity index (χ2v) is 6.04. The highest BCUT2D eigenvalue weighted by atomic mass is 16.5. The lowest BCUT2D eigenvalue weighted by molar-refractivity contribution is -0.00391. The predicted octanol–water partition coefficient (Wildman–Crippen LogP) is 1.68. The van der Waals surface area contributed by atoms with E-state index in [-0.39, 0.29) is 11.9 Å². The van der Waals surface area contributed by atoms with Crippen molar-refractivity contribution in [1.29, 1.82) is 0 Å². The van der Waals surface area contributed by atoms with Gasteiger partial charge < -0.3 is 14.5 Å². The quantitative estimate of drug-likeness (QED) is 0.933. The number of hydrogen-bond donors (Lipinski definition) is 1. The number of rotatable bonds is 4. The topological polar surface area (TPSA) is 61.5 Å². The molecule has 1 aliphatic heterocycles. The molecular formula is C17H22N4O2. The average molecular weight is 314 g/mol. The Hall–Kier alpha value is -2.18. The normalized spacial score (nSPS) is 18.4. The maximum Gasteiger partial charge on any atom is 0.254 e. The van der Waals surface area contributed by atoms with E-state index in [4.69, 9.17) is 4.74 Å². The van der Waals surface area contributed by atoms with Gasteiger partial charge in [0.15, 0.2) is 0 Å². The van der Waals surface area contributed by atoms with Crippen molar-refractivity contribution in [2.45, 2.75) is 12.6 Å². The zero-order valence-corrected chi connectivity index (χ0v) is 13.5. The Balaban J connectivity index is 1.77. The van der Waals surface area contributed by atoms with Crippen LogP contribution in [0.2, 0.25) is 0 Å². The van der Waals surface area contributed by atoms with Crippen LogP contribution < -0.4 is 0 Å². The molecule has 2 heterocycles. The molecular weight excluding hydrogens is 292 g/mol. The molecule has 0 bridgehead atoms. The number of hydrogen-bond acceptors (Lipinski definition) is 4. The Bertz CT molecular complexity index is 637. The minimum atomic E-state index is -0.111. The summed E-state index contributed by atoms with van der Waals surface area (Å²) in [7, 11) is 4.06. The molecule has 122 valence electrons. The molecule has 23 heavy (non-hydrogen) atoms. The highest BCUT2D eigenvalue weighted by Crippen LogP contribution is 2.24. The van der Waals surface area contributed by atoms with Crippen molar-refractivity contribution in [3.8, 4) is 0 Å². The predicted molar refractivity (Wildman–Crippen MR) is 87.0 cm³/mol. The van der Waals surface area contributed by atoms with Crippen LogP contribution in [0.5, 0.6) is 0 Å². The van der Waals surface area contributed by atoms with Gasteiger partial charge in [-0.2, -0.15) is 5.10 Å². The van der Waals surface area contributed by atoms with E-state index in [1.807, 2.05) is 49.3 Å². The molecule has 1 fully saturated rings. The third-order valence-corrected chi connectivity index (χ3v) is 3.97. The summed E-state index contributed by atoms with van der Waals surface area (Å²) in [5.74, 6) is 0.0318. The summed E-state index contributed by atoms with van der Waals surface area (Å²) < 4.78 is 5.54. The fraction of sp³-hybridized carbons (Fsp3) is 0.412. The number of nitrogens with one attached hydrogen (secondary N) is 1. The Morgan fingerprint density at radius 1 is 1.35 bits per heavy atom. The van der Waals surface area contributed by atoms with Gasteiger partial charge in [-0.25, -0.2) is 0 Å². The van der Waals surface area contributed by atoms with Crippen molar-refractivity contribution in [3.05, 3.63) is 53.3 Å². The van der Waals surface area contributed by atoms with E-state index in [2.05, 4.69) is 15.1 Å². The number of aromatic nitrogens is 2. The standard InChI is InChI=1S/C17H22N4O2/c1-20(2)11-13-3-5-14(6-4-13)17(22)21-9-10-23-12-16(21)15-7-8-18-19-15/h3-8,16H,9-12H2,1-2H3,(H,18,19). The molecule has 1 saturated heterocycles. The summed E-state index contributed by atoms with van der Waals surface area (Å²) in [5, 5.41) is 6.92. The summed E-state index contributed by atoms with van der Waals surface area (Å²) in [5.41, 5.74) is 2.81. The number of benzene rings is 1. The number of aromatic amines is 1. The molecule has 1 N–H and O–H groups in total. The van der Waals surface area contributed by atoms with Gasteiger partial charge in [-0.3, -0.25) is 9.89 Å². The summed E-state index contributed by atoms with van der Waals surface area (Å²) in [6.07, 6.45) is 1.70. The molecule has 6 nitrogen and oxygen atoms in total. The smallest absolute Gasteiger partial charge is 0.254 e. The van der Waals surface area contributed by atoms with Crippen molar-refractivity contribution < 1.29 is 9.53 Å². The van der Waals surface area contributed by atoms with Gasteiger partial charge in [-0.15, -0.1) is 0 Å². The average Bonchev–Trinajstić information content (AvgIpc) is 3.09. The van der Waals surface area contributed by atoms with E-state index in [1.165, 1.54) is 5.56 Å². The van der Waals surface area contributed by atoms with Gasteiger partial charge in [0.25, 0.3) is 5.91 Å². The SMILES string of the molecule is CN(C)Cc1ccc(C(=O)N2CCOCC2c2ccn[nH]2)cc1. The van der Waals surface area contributed by atoms with E-state index in [0.717, 1.165) is 12.2 Å². The number of nitrogens with zero attached hydrogens (tertiary/aromatic N) is 3. The third kappa shape index (κ3) is 3.60. The Morgan fingerprint density at radius 3 is 2.78 bits per heavy atom. The number of ether oxygens (including phenoxy) is 1. The Kier molecular flexibility index (Phi) is 4.73. The molecule has 1 aromatic heterocycles. The first-order chi connectivity index (χ1) is 11.1. The largest absolute Gasteiger partial charge is 0.377 e. The molecule has 1 aliphatic rings. The zero-order valence-electron chi connectivity index (χ0n) is 13.5. The van der Waals surface area contributed by atoms with Crippen molar-refractivity contribution in [2.24, 2.45) is 0 Å². The van der Waals surface area contributed by atoms with Gasteiger partial charge in [0.2, 0.25) is 0 Å². The first-order valence-corrected chi connectivity index (χ1v) is 7.77. The summed E-state index contributed by atoms with van der Waals surface area (Å²) >= 11 is 0. The van der Waals surface area contributed by atoms with E-state index in [1.54, 1.807) is 6.20 Å². The van der Waals surface area contributed by atoms with Crippen molar-refractivity contribution in [1.82, 2.24) is 20.0 Å². The van der Waals surface area contributed by atoms with Gasteiger partial charge in [-0.05, 0) is 37.9 Å². The molecule has 1 aromatic carbocycles. The van der Waals surface area contributed by atoms with Crippen LogP contribution in [0.25, 0.3) is 0 Å². The fourth-order valence-electron chi connectivity index (χ4n) is 2.84. The second kappa shape index (κ2) is 6.93. The summed E-state index contributed by atoms with van der Waals surface area (Å²) in [6, 6.07) is 9.61. The van der Waals surface area contributed by atoms with Gasteiger partial charge in [0.1, 0.15) is 0 Å². The van der Waals surface area contributed by atoms with Gasteiger partial charge >= 0.3 is 0 Å². The molecule has 1 unspecified atom stereocenters. The number of H-pyrrole nitrogens is 1. The van der Waals surface area contributed by atoms with Crippen LogP contribution in [-0.2, 0) is 11.3 Å². The number of carbonyl (C=O) groups is 1. The lowest BCUT2D eigenvalue weighted by Gasteiger charge is -2.35. The third-order valence-electron chi connectivity index (χ3n) is 3.97. The van der Waals surface area contributed by atoms with Gasteiger partial charge in [0, 0.05) is 24.8 Å². The molecule has 0 spiro atoms. The Morgan fingerprint density at radius 2 is 2.13 bits per heavy atom. The molecule has 6 heteroatoms. The second-order valence-electron chi connectivity index (χ2n) is 6.04. The van der Waals surface area contributed by atoms with Crippen LogP contribution in [0.1, 0.15) is 27.7 Å². The van der Waals surface area contributed by atoms with Gasteiger partial charge in [-0.1, -0.05) is 12.1 Å². The molecule has 3 rings (SSSR count). The monoisotopic (exact) mass is 314 g/mol. The highest BCUT2D eigenvalue weighted by molar-refractivity contribution is 5.94.